The summed E-state index contributed by atoms with van der Waals surface area (Å²) in [5, 5.41) is 1.26. The van der Waals surface area contributed by atoms with Crippen LogP contribution >= 0.6 is 11.3 Å². The normalized spacial score (nSPS) is 9.93. The Morgan fingerprint density at radius 1 is 1.27 bits per heavy atom. The van der Waals surface area contributed by atoms with E-state index in [9.17, 15) is 4.79 Å². The lowest BCUT2D eigenvalue weighted by molar-refractivity contribution is 0.426. The number of hydrogen-bond donors (Lipinski definition) is 0. The predicted octanol–water partition coefficient (Wildman–Crippen LogP) is 2.18. The highest BCUT2D eigenvalue weighted by molar-refractivity contribution is 7.16. The second kappa shape index (κ2) is 4.23. The molecule has 0 amide bonds. The molecule has 15 heavy (non-hydrogen) atoms. The molecule has 0 aliphatic carbocycles. The van der Waals surface area contributed by atoms with Crippen LogP contribution in [0.4, 0.5) is 0 Å². The van der Waals surface area contributed by atoms with Gasteiger partial charge in [-0.25, -0.2) is 0 Å². The molecule has 0 unspecified atom stereocenters. The van der Waals surface area contributed by atoms with Crippen LogP contribution in [0.1, 0.15) is 0 Å². The van der Waals surface area contributed by atoms with E-state index in [4.69, 9.17) is 4.74 Å². The smallest absolute Gasteiger partial charge is 0.275 e. The lowest BCUT2D eigenvalue weighted by Gasteiger charge is -2.01. The second-order valence-electron chi connectivity index (χ2n) is 2.89. The molecule has 0 saturated carbocycles. The molecular weight excluding hydrogens is 210 g/mol. The fourth-order valence-electron chi connectivity index (χ4n) is 1.19. The van der Waals surface area contributed by atoms with Gasteiger partial charge in [-0.3, -0.25) is 4.79 Å². The Balaban J connectivity index is 2.54. The summed E-state index contributed by atoms with van der Waals surface area (Å²) in [6, 6.07) is 11.0. The standard InChI is InChI=1S/C11H9NO2S/c1-14-10-7-9(13)12-11(15-10)8-5-3-2-4-6-8/h2-7H,1H3. The fourth-order valence-corrected chi connectivity index (χ4v) is 2.01. The van der Waals surface area contributed by atoms with E-state index in [1.165, 1.54) is 17.4 Å². The maximum atomic E-state index is 11.3. The van der Waals surface area contributed by atoms with Gasteiger partial charge in [-0.05, 0) is 0 Å². The highest BCUT2D eigenvalue weighted by Crippen LogP contribution is 2.25. The maximum absolute atomic E-state index is 11.3. The maximum Gasteiger partial charge on any atom is 0.275 e. The highest BCUT2D eigenvalue weighted by Gasteiger charge is 2.03. The number of ether oxygens (including phenoxy) is 1. The Hall–Kier alpha value is -1.68. The van der Waals surface area contributed by atoms with Crippen molar-refractivity contribution >= 4 is 11.3 Å². The first-order chi connectivity index (χ1) is 7.29. The van der Waals surface area contributed by atoms with Gasteiger partial charge in [0, 0.05) is 5.56 Å². The van der Waals surface area contributed by atoms with Gasteiger partial charge in [0.15, 0.2) is 5.06 Å². The zero-order valence-corrected chi connectivity index (χ0v) is 8.95. The van der Waals surface area contributed by atoms with Gasteiger partial charge in [0.25, 0.3) is 5.56 Å². The fraction of sp³-hybridized carbons (Fsp3) is 0.0909. The molecule has 0 aliphatic heterocycles. The molecule has 76 valence electrons. The van der Waals surface area contributed by atoms with Crippen LogP contribution in [0.2, 0.25) is 0 Å². The van der Waals surface area contributed by atoms with E-state index in [1.54, 1.807) is 7.11 Å². The van der Waals surface area contributed by atoms with Crippen molar-refractivity contribution in [1.82, 2.24) is 4.98 Å². The molecule has 4 heteroatoms. The van der Waals surface area contributed by atoms with Gasteiger partial charge in [-0.2, -0.15) is 4.98 Å². The van der Waals surface area contributed by atoms with Crippen LogP contribution in [0.25, 0.3) is 10.6 Å². The average molecular weight is 219 g/mol. The van der Waals surface area contributed by atoms with E-state index >= 15 is 0 Å². The molecule has 0 fully saturated rings. The summed E-state index contributed by atoms with van der Waals surface area (Å²) >= 11 is 1.36. The van der Waals surface area contributed by atoms with Crippen LogP contribution in [0.5, 0.6) is 5.06 Å². The second-order valence-corrected chi connectivity index (χ2v) is 3.88. The predicted molar refractivity (Wildman–Crippen MR) is 60.4 cm³/mol. The Morgan fingerprint density at radius 3 is 2.67 bits per heavy atom. The number of methoxy groups -OCH3 is 1. The number of rotatable bonds is 2. The van der Waals surface area contributed by atoms with Gasteiger partial charge in [0.1, 0.15) is 5.01 Å². The Morgan fingerprint density at radius 2 is 2.00 bits per heavy atom. The summed E-state index contributed by atoms with van der Waals surface area (Å²) < 4.78 is 5.04. The largest absolute Gasteiger partial charge is 0.487 e. The molecule has 1 heterocycles. The van der Waals surface area contributed by atoms with Crippen LogP contribution in [-0.4, -0.2) is 12.1 Å². The molecule has 2 rings (SSSR count). The zero-order valence-electron chi connectivity index (χ0n) is 8.14. The van der Waals surface area contributed by atoms with Crippen LogP contribution in [0.3, 0.4) is 0 Å². The highest BCUT2D eigenvalue weighted by atomic mass is 32.1. The summed E-state index contributed by atoms with van der Waals surface area (Å²) in [4.78, 5) is 15.2. The summed E-state index contributed by atoms with van der Waals surface area (Å²) in [6.45, 7) is 0. The molecule has 0 saturated heterocycles. The molecule has 0 spiro atoms. The van der Waals surface area contributed by atoms with Crippen molar-refractivity contribution in [2.75, 3.05) is 7.11 Å². The van der Waals surface area contributed by atoms with E-state index in [2.05, 4.69) is 4.98 Å². The van der Waals surface area contributed by atoms with Crippen LogP contribution < -0.4 is 10.3 Å². The summed E-state index contributed by atoms with van der Waals surface area (Å²) in [5.74, 6) is 0. The number of benzene rings is 1. The van der Waals surface area contributed by atoms with Crippen molar-refractivity contribution in [1.29, 1.82) is 0 Å². The molecule has 3 nitrogen and oxygen atoms in total. The van der Waals surface area contributed by atoms with Crippen LogP contribution in [-0.2, 0) is 0 Å². The first kappa shape index (κ1) is 9.86. The van der Waals surface area contributed by atoms with Crippen molar-refractivity contribution in [3.63, 3.8) is 0 Å². The van der Waals surface area contributed by atoms with Crippen molar-refractivity contribution in [2.24, 2.45) is 0 Å². The molecular formula is C11H9NO2S. The minimum absolute atomic E-state index is 0.274. The van der Waals surface area contributed by atoms with Gasteiger partial charge in [0.2, 0.25) is 0 Å². The van der Waals surface area contributed by atoms with Gasteiger partial charge in [0.05, 0.1) is 13.2 Å². The lowest BCUT2D eigenvalue weighted by Crippen LogP contribution is -2.04. The third-order valence-electron chi connectivity index (χ3n) is 1.87. The SMILES string of the molecule is COc1cc(=O)nc(-c2ccccc2)s1. The topological polar surface area (TPSA) is 39.2 Å². The third kappa shape index (κ3) is 2.22. The zero-order chi connectivity index (χ0) is 10.7. The van der Waals surface area contributed by atoms with Crippen molar-refractivity contribution < 1.29 is 4.74 Å². The molecule has 0 N–H and O–H groups in total. The van der Waals surface area contributed by atoms with E-state index in [0.717, 1.165) is 5.56 Å². The van der Waals surface area contributed by atoms with Gasteiger partial charge in [-0.1, -0.05) is 41.7 Å². The van der Waals surface area contributed by atoms with Gasteiger partial charge < -0.3 is 4.74 Å². The molecule has 1 aromatic heterocycles. The van der Waals surface area contributed by atoms with E-state index in [0.29, 0.717) is 10.1 Å². The van der Waals surface area contributed by atoms with E-state index in [1.807, 2.05) is 30.3 Å². The van der Waals surface area contributed by atoms with Crippen molar-refractivity contribution in [3.05, 3.63) is 46.8 Å². The minimum atomic E-state index is -0.274. The first-order valence-electron chi connectivity index (χ1n) is 4.41. The number of hydrogen-bond acceptors (Lipinski definition) is 4. The molecule has 2 aromatic rings. The number of nitrogens with zero attached hydrogens (tertiary/aromatic N) is 1. The molecule has 1 aromatic carbocycles. The summed E-state index contributed by atoms with van der Waals surface area (Å²) in [7, 11) is 1.54. The average Bonchev–Trinajstić information content (AvgIpc) is 2.29. The Bertz CT molecular complexity index is 507. The first-order valence-corrected chi connectivity index (χ1v) is 5.23. The number of aromatic nitrogens is 1. The van der Waals surface area contributed by atoms with Crippen LogP contribution in [0.15, 0.2) is 41.2 Å². The van der Waals surface area contributed by atoms with Gasteiger partial charge in [-0.15, -0.1) is 0 Å². The Kier molecular flexibility index (Phi) is 2.78. The summed E-state index contributed by atoms with van der Waals surface area (Å²) in [5.41, 5.74) is 0.656. The van der Waals surface area contributed by atoms with Gasteiger partial charge >= 0.3 is 0 Å². The molecule has 0 atom stereocenters. The summed E-state index contributed by atoms with van der Waals surface area (Å²) in [6.07, 6.45) is 0. The molecule has 0 bridgehead atoms. The lowest BCUT2D eigenvalue weighted by atomic mass is 10.2. The van der Waals surface area contributed by atoms with E-state index in [-0.39, 0.29) is 5.56 Å². The quantitative estimate of drug-likeness (QED) is 0.777. The third-order valence-corrected chi connectivity index (χ3v) is 2.88. The minimum Gasteiger partial charge on any atom is -0.487 e. The van der Waals surface area contributed by atoms with Crippen LogP contribution in [0, 0.1) is 0 Å². The van der Waals surface area contributed by atoms with Crippen molar-refractivity contribution in [3.8, 4) is 15.6 Å². The van der Waals surface area contributed by atoms with Crippen molar-refractivity contribution in [2.45, 2.75) is 0 Å². The molecule has 0 aliphatic rings. The monoisotopic (exact) mass is 219 g/mol. The van der Waals surface area contributed by atoms with E-state index < -0.39 is 0 Å². The molecule has 0 radical (unpaired) electrons. The Labute approximate surface area is 91.0 Å².